The van der Waals surface area contributed by atoms with Crippen LogP contribution in [0.25, 0.3) is 0 Å². The summed E-state index contributed by atoms with van der Waals surface area (Å²) in [6.45, 7) is 1.99. The van der Waals surface area contributed by atoms with Crippen LogP contribution in [0.2, 0.25) is 0 Å². The van der Waals surface area contributed by atoms with Gasteiger partial charge in [-0.2, -0.15) is 5.26 Å². The van der Waals surface area contributed by atoms with E-state index in [1.165, 1.54) is 12.0 Å². The Morgan fingerprint density at radius 1 is 1.36 bits per heavy atom. The molecule has 0 saturated carbocycles. The van der Waals surface area contributed by atoms with E-state index in [0.717, 1.165) is 11.1 Å². The van der Waals surface area contributed by atoms with Crippen LogP contribution in [0.3, 0.4) is 0 Å². The molecule has 0 spiro atoms. The summed E-state index contributed by atoms with van der Waals surface area (Å²) in [5, 5.41) is 9.59. The third kappa shape index (κ3) is 2.65. The largest absolute Gasteiger partial charge is 0.450 e. The minimum Gasteiger partial charge on any atom is -0.450 e. The Bertz CT molecular complexity index is 582. The van der Waals surface area contributed by atoms with Gasteiger partial charge in [0.2, 0.25) is 0 Å². The molecule has 0 saturated heterocycles. The number of amides is 1. The number of methoxy groups -OCH3 is 1. The quantitative estimate of drug-likeness (QED) is 0.857. The topological polar surface area (TPSA) is 65.8 Å². The Morgan fingerprint density at radius 3 is 2.50 bits per heavy atom. The van der Waals surface area contributed by atoms with E-state index in [4.69, 9.17) is 9.47 Å². The van der Waals surface area contributed by atoms with Crippen molar-refractivity contribution in [2.75, 3.05) is 27.8 Å². The van der Waals surface area contributed by atoms with E-state index in [1.54, 1.807) is 6.92 Å². The molecular weight excluding hydrogens is 282 g/mol. The van der Waals surface area contributed by atoms with Gasteiger partial charge in [-0.05, 0) is 32.1 Å². The Kier molecular flexibility index (Phi) is 5.01. The highest BCUT2D eigenvalue weighted by atomic mass is 16.6. The van der Waals surface area contributed by atoms with E-state index in [2.05, 4.69) is 6.07 Å². The van der Waals surface area contributed by atoms with Gasteiger partial charge in [-0.3, -0.25) is 9.80 Å². The number of hydrogen-bond donors (Lipinski definition) is 0. The first-order valence-corrected chi connectivity index (χ1v) is 7.19. The maximum Gasteiger partial charge on any atom is 0.413 e. The van der Waals surface area contributed by atoms with Crippen molar-refractivity contribution >= 4 is 6.09 Å². The summed E-state index contributed by atoms with van der Waals surface area (Å²) in [5.74, 6) is 0. The molecular formula is C16H21N3O3. The molecule has 6 heteroatoms. The lowest BCUT2D eigenvalue weighted by atomic mass is 9.88. The van der Waals surface area contributed by atoms with E-state index < -0.39 is 18.4 Å². The van der Waals surface area contributed by atoms with Crippen molar-refractivity contribution in [3.63, 3.8) is 0 Å². The second-order valence-electron chi connectivity index (χ2n) is 5.30. The van der Waals surface area contributed by atoms with Crippen molar-refractivity contribution in [2.24, 2.45) is 0 Å². The molecule has 0 N–H and O–H groups in total. The molecule has 0 radical (unpaired) electrons. The predicted molar refractivity (Wildman–Crippen MR) is 80.9 cm³/mol. The van der Waals surface area contributed by atoms with Crippen LogP contribution < -0.4 is 0 Å². The average molecular weight is 303 g/mol. The van der Waals surface area contributed by atoms with Gasteiger partial charge in [0.1, 0.15) is 0 Å². The molecule has 6 nitrogen and oxygen atoms in total. The normalized spacial score (nSPS) is 23.8. The minimum atomic E-state index is -0.726. The maximum atomic E-state index is 12.4. The fraction of sp³-hybridized carbons (Fsp3) is 0.500. The summed E-state index contributed by atoms with van der Waals surface area (Å²) in [5.41, 5.74) is 1.80. The third-order valence-electron chi connectivity index (χ3n) is 3.83. The van der Waals surface area contributed by atoms with Gasteiger partial charge in [-0.25, -0.2) is 4.79 Å². The van der Waals surface area contributed by atoms with Crippen LogP contribution in [-0.2, 0) is 9.47 Å². The lowest BCUT2D eigenvalue weighted by Crippen LogP contribution is -2.53. The van der Waals surface area contributed by atoms with Gasteiger partial charge in [0.15, 0.2) is 12.3 Å². The van der Waals surface area contributed by atoms with Gasteiger partial charge < -0.3 is 9.47 Å². The molecule has 1 amide bonds. The smallest absolute Gasteiger partial charge is 0.413 e. The standard InChI is InChI=1S/C16H21N3O3/c1-5-22-16(20)19-13(10-17)11-8-6-7-9-12(11)14(18(2)3)15(19)21-4/h6-9,13-15H,5H2,1-4H3/t13-,14-,15+/m1/s1. The van der Waals surface area contributed by atoms with Crippen molar-refractivity contribution < 1.29 is 14.3 Å². The Hall–Kier alpha value is -2.10. The predicted octanol–water partition coefficient (Wildman–Crippen LogP) is 2.30. The van der Waals surface area contributed by atoms with E-state index >= 15 is 0 Å². The van der Waals surface area contributed by atoms with Crippen LogP contribution in [0.1, 0.15) is 30.1 Å². The van der Waals surface area contributed by atoms with Gasteiger partial charge in [0, 0.05) is 7.11 Å². The molecule has 0 aliphatic carbocycles. The zero-order chi connectivity index (χ0) is 16.3. The van der Waals surface area contributed by atoms with Crippen molar-refractivity contribution in [3.05, 3.63) is 35.4 Å². The molecule has 0 unspecified atom stereocenters. The summed E-state index contributed by atoms with van der Waals surface area (Å²) >= 11 is 0. The zero-order valence-electron chi connectivity index (χ0n) is 13.3. The molecule has 1 heterocycles. The van der Waals surface area contributed by atoms with Crippen LogP contribution in [0.5, 0.6) is 0 Å². The zero-order valence-corrected chi connectivity index (χ0v) is 13.3. The molecule has 3 atom stereocenters. The highest BCUT2D eigenvalue weighted by molar-refractivity contribution is 5.70. The van der Waals surface area contributed by atoms with Gasteiger partial charge in [-0.15, -0.1) is 0 Å². The van der Waals surface area contributed by atoms with Gasteiger partial charge >= 0.3 is 6.09 Å². The molecule has 1 aromatic carbocycles. The monoisotopic (exact) mass is 303 g/mol. The van der Waals surface area contributed by atoms with E-state index in [-0.39, 0.29) is 12.6 Å². The van der Waals surface area contributed by atoms with Gasteiger partial charge in [0.05, 0.1) is 18.7 Å². The van der Waals surface area contributed by atoms with Crippen LogP contribution in [-0.4, -0.2) is 49.9 Å². The second kappa shape index (κ2) is 6.77. The van der Waals surface area contributed by atoms with Gasteiger partial charge in [-0.1, -0.05) is 24.3 Å². The Labute approximate surface area is 130 Å². The lowest BCUT2D eigenvalue weighted by Gasteiger charge is -2.45. The number of carbonyl (C=O) groups excluding carboxylic acids is 1. The molecule has 22 heavy (non-hydrogen) atoms. The fourth-order valence-corrected chi connectivity index (χ4v) is 2.95. The number of fused-ring (bicyclic) bond motifs is 1. The summed E-state index contributed by atoms with van der Waals surface area (Å²) in [6, 6.07) is 8.94. The van der Waals surface area contributed by atoms with Crippen molar-refractivity contribution in [1.82, 2.24) is 9.80 Å². The Morgan fingerprint density at radius 2 is 2.00 bits per heavy atom. The highest BCUT2D eigenvalue weighted by Gasteiger charge is 2.45. The van der Waals surface area contributed by atoms with Crippen molar-refractivity contribution in [2.45, 2.75) is 25.2 Å². The molecule has 0 fully saturated rings. The molecule has 0 aromatic heterocycles. The van der Waals surface area contributed by atoms with Crippen molar-refractivity contribution in [1.29, 1.82) is 5.26 Å². The van der Waals surface area contributed by atoms with Crippen molar-refractivity contribution in [3.8, 4) is 6.07 Å². The first-order valence-electron chi connectivity index (χ1n) is 7.19. The van der Waals surface area contributed by atoms with Crippen LogP contribution in [0.15, 0.2) is 24.3 Å². The number of hydrogen-bond acceptors (Lipinski definition) is 5. The molecule has 2 rings (SSSR count). The maximum absolute atomic E-state index is 12.4. The van der Waals surface area contributed by atoms with E-state index in [9.17, 15) is 10.1 Å². The highest BCUT2D eigenvalue weighted by Crippen LogP contribution is 2.41. The van der Waals surface area contributed by atoms with E-state index in [0.29, 0.717) is 0 Å². The molecule has 1 aromatic rings. The Balaban J connectivity index is 2.59. The number of carbonyl (C=O) groups is 1. The molecule has 1 aliphatic heterocycles. The van der Waals surface area contributed by atoms with Crippen LogP contribution >= 0.6 is 0 Å². The third-order valence-corrected chi connectivity index (χ3v) is 3.83. The van der Waals surface area contributed by atoms with E-state index in [1.807, 2.05) is 43.3 Å². The number of benzene rings is 1. The molecule has 1 aliphatic rings. The number of nitrogens with zero attached hydrogens (tertiary/aromatic N) is 3. The number of ether oxygens (including phenoxy) is 2. The summed E-state index contributed by atoms with van der Waals surface area (Å²) in [7, 11) is 5.38. The number of rotatable bonds is 3. The average Bonchev–Trinajstić information content (AvgIpc) is 2.52. The van der Waals surface area contributed by atoms with Crippen LogP contribution in [0.4, 0.5) is 4.79 Å². The minimum absolute atomic E-state index is 0.171. The van der Waals surface area contributed by atoms with Gasteiger partial charge in [0.25, 0.3) is 0 Å². The van der Waals surface area contributed by atoms with Crippen LogP contribution in [0, 0.1) is 11.3 Å². The number of likely N-dealkylation sites (N-methyl/N-ethyl adjacent to an activating group) is 1. The number of nitriles is 1. The summed E-state index contributed by atoms with van der Waals surface area (Å²) in [4.78, 5) is 15.7. The lowest BCUT2D eigenvalue weighted by molar-refractivity contribution is -0.0898. The molecule has 118 valence electrons. The second-order valence-corrected chi connectivity index (χ2v) is 5.30. The summed E-state index contributed by atoms with van der Waals surface area (Å²) in [6.07, 6.45) is -1.13. The first kappa shape index (κ1) is 16.3. The first-order chi connectivity index (χ1) is 10.6. The fourth-order valence-electron chi connectivity index (χ4n) is 2.95. The SMILES string of the molecule is CCOC(=O)N1[C@H](C#N)c2ccccc2[C@@H](N(C)C)[C@@H]1OC. The molecule has 0 bridgehead atoms. The summed E-state index contributed by atoms with van der Waals surface area (Å²) < 4.78 is 10.7.